The Hall–Kier alpha value is -0.740. The summed E-state index contributed by atoms with van der Waals surface area (Å²) in [5.74, 6) is 0.896. The Morgan fingerprint density at radius 3 is 2.56 bits per heavy atom. The highest BCUT2D eigenvalue weighted by molar-refractivity contribution is 7.71. The van der Waals surface area contributed by atoms with Gasteiger partial charge in [-0.15, -0.1) is 0 Å². The average Bonchev–Trinajstić information content (AvgIpc) is 2.33. The van der Waals surface area contributed by atoms with E-state index < -0.39 is 0 Å². The van der Waals surface area contributed by atoms with Crippen LogP contribution in [0.2, 0.25) is 0 Å². The topological polar surface area (TPSA) is 37.9 Å². The van der Waals surface area contributed by atoms with Crippen molar-refractivity contribution in [3.05, 3.63) is 22.7 Å². The molecule has 2 rings (SSSR count). The van der Waals surface area contributed by atoms with Gasteiger partial charge in [0, 0.05) is 12.8 Å². The maximum absolute atomic E-state index is 6.06. The highest BCUT2D eigenvalue weighted by Gasteiger charge is 2.41. The molecule has 1 saturated carbocycles. The summed E-state index contributed by atoms with van der Waals surface area (Å²) < 4.78 is 6.79. The predicted octanol–water partition coefficient (Wildman–Crippen LogP) is 3.97. The van der Waals surface area contributed by atoms with Crippen molar-refractivity contribution in [2.45, 2.75) is 52.1 Å². The molecule has 0 aliphatic heterocycles. The highest BCUT2D eigenvalue weighted by atomic mass is 32.1. The average molecular weight is 266 g/mol. The summed E-state index contributed by atoms with van der Waals surface area (Å²) >= 11 is 5.20. The summed E-state index contributed by atoms with van der Waals surface area (Å²) in [6, 6.07) is 1.81. The summed E-state index contributed by atoms with van der Waals surface area (Å²) in [5.41, 5.74) is 0.144. The van der Waals surface area contributed by atoms with Crippen LogP contribution >= 0.6 is 12.2 Å². The third-order valence-electron chi connectivity index (χ3n) is 3.93. The maximum atomic E-state index is 6.06. The number of hydrogen-bond donors (Lipinski definition) is 1. The molecule has 1 N–H and O–H groups in total. The third kappa shape index (κ3) is 2.81. The van der Waals surface area contributed by atoms with Crippen LogP contribution in [0, 0.1) is 10.1 Å². The Kier molecular flexibility index (Phi) is 3.87. The minimum atomic E-state index is -0.265. The summed E-state index contributed by atoms with van der Waals surface area (Å²) in [5, 5.41) is 0. The second-order valence-electron chi connectivity index (χ2n) is 5.87. The van der Waals surface area contributed by atoms with Gasteiger partial charge in [-0.25, -0.2) is 4.98 Å². The highest BCUT2D eigenvalue weighted by Crippen LogP contribution is 2.46. The zero-order chi connectivity index (χ0) is 13.2. The molecule has 1 heterocycles. The Balaban J connectivity index is 2.31. The molecule has 0 bridgehead atoms. The van der Waals surface area contributed by atoms with E-state index in [0.29, 0.717) is 12.0 Å². The van der Waals surface area contributed by atoms with E-state index in [2.05, 4.69) is 23.8 Å². The van der Waals surface area contributed by atoms with Gasteiger partial charge in [0.05, 0.1) is 0 Å². The van der Waals surface area contributed by atoms with E-state index in [4.69, 9.17) is 17.0 Å². The lowest BCUT2D eigenvalue weighted by Gasteiger charge is -2.42. The van der Waals surface area contributed by atoms with Gasteiger partial charge in [0.25, 0.3) is 0 Å². The van der Waals surface area contributed by atoms with Gasteiger partial charge in [-0.3, -0.25) is 0 Å². The fraction of sp³-hybridized carbons (Fsp3) is 0.714. The van der Waals surface area contributed by atoms with E-state index in [0.717, 1.165) is 36.1 Å². The fourth-order valence-electron chi connectivity index (χ4n) is 2.66. The molecule has 0 atom stereocenters. The number of hydrogen-bond acceptors (Lipinski definition) is 3. The molecule has 3 nitrogen and oxygen atoms in total. The van der Waals surface area contributed by atoms with Crippen molar-refractivity contribution in [3.63, 3.8) is 0 Å². The number of ether oxygens (including phenoxy) is 1. The molecule has 0 amide bonds. The summed E-state index contributed by atoms with van der Waals surface area (Å²) in [7, 11) is 0. The first-order chi connectivity index (χ1) is 8.47. The van der Waals surface area contributed by atoms with Crippen molar-refractivity contribution in [1.82, 2.24) is 9.97 Å². The van der Waals surface area contributed by atoms with Crippen molar-refractivity contribution in [2.75, 3.05) is 6.61 Å². The minimum absolute atomic E-state index is 0.265. The van der Waals surface area contributed by atoms with Crippen molar-refractivity contribution in [1.29, 1.82) is 0 Å². The van der Waals surface area contributed by atoms with Crippen molar-refractivity contribution in [2.24, 2.45) is 5.41 Å². The Morgan fingerprint density at radius 2 is 2.00 bits per heavy atom. The molecule has 18 heavy (non-hydrogen) atoms. The van der Waals surface area contributed by atoms with Gasteiger partial charge in [0.1, 0.15) is 16.1 Å². The first kappa shape index (κ1) is 13.7. The molecule has 1 aliphatic carbocycles. The van der Waals surface area contributed by atoms with Gasteiger partial charge in [-0.1, -0.05) is 26.1 Å². The van der Waals surface area contributed by atoms with Gasteiger partial charge in [0.15, 0.2) is 0 Å². The van der Waals surface area contributed by atoms with Crippen molar-refractivity contribution < 1.29 is 4.74 Å². The fourth-order valence-corrected chi connectivity index (χ4v) is 2.82. The van der Waals surface area contributed by atoms with Crippen LogP contribution in [-0.2, 0) is 10.3 Å². The molecule has 1 aromatic heterocycles. The Bertz CT molecular complexity index is 457. The van der Waals surface area contributed by atoms with Crippen LogP contribution in [0.25, 0.3) is 0 Å². The van der Waals surface area contributed by atoms with E-state index in [1.165, 1.54) is 0 Å². The Labute approximate surface area is 114 Å². The molecule has 1 aromatic rings. The summed E-state index contributed by atoms with van der Waals surface area (Å²) in [6.45, 7) is 7.39. The van der Waals surface area contributed by atoms with Crippen LogP contribution in [-0.4, -0.2) is 16.6 Å². The van der Waals surface area contributed by atoms with E-state index in [1.54, 1.807) is 6.20 Å². The molecule has 1 aliphatic rings. The Morgan fingerprint density at radius 1 is 1.33 bits per heavy atom. The van der Waals surface area contributed by atoms with E-state index in [1.807, 2.05) is 13.0 Å². The first-order valence-corrected chi connectivity index (χ1v) is 7.08. The van der Waals surface area contributed by atoms with Crippen LogP contribution in [0.1, 0.15) is 52.3 Å². The molecule has 1 fully saturated rings. The van der Waals surface area contributed by atoms with Crippen molar-refractivity contribution >= 4 is 12.2 Å². The number of aromatic nitrogens is 2. The van der Waals surface area contributed by atoms with E-state index in [-0.39, 0.29) is 5.60 Å². The predicted molar refractivity (Wildman–Crippen MR) is 75.0 cm³/mol. The quantitative estimate of drug-likeness (QED) is 0.841. The normalized spacial score (nSPS) is 21.7. The van der Waals surface area contributed by atoms with Crippen LogP contribution < -0.4 is 0 Å². The lowest BCUT2D eigenvalue weighted by Crippen LogP contribution is -2.38. The van der Waals surface area contributed by atoms with Gasteiger partial charge < -0.3 is 9.72 Å². The van der Waals surface area contributed by atoms with Crippen LogP contribution in [0.15, 0.2) is 12.3 Å². The zero-order valence-corrected chi connectivity index (χ0v) is 12.3. The largest absolute Gasteiger partial charge is 0.367 e. The maximum Gasteiger partial charge on any atom is 0.139 e. The molecular weight excluding hydrogens is 244 g/mol. The molecule has 0 unspecified atom stereocenters. The minimum Gasteiger partial charge on any atom is -0.367 e. The summed E-state index contributed by atoms with van der Waals surface area (Å²) in [4.78, 5) is 7.66. The molecule has 0 spiro atoms. The van der Waals surface area contributed by atoms with Gasteiger partial charge in [-0.05, 0) is 44.1 Å². The molecular formula is C14H22N2OS. The van der Waals surface area contributed by atoms with Crippen LogP contribution in [0.5, 0.6) is 0 Å². The first-order valence-electron chi connectivity index (χ1n) is 6.67. The standard InChI is InChI=1S/C14H22N2OS/c1-4-17-14(8-6-13(2,3)7-9-14)12-15-10-5-11(18)16-12/h5,10H,4,6-9H2,1-3H3,(H,15,16,18). The number of rotatable bonds is 3. The van der Waals surface area contributed by atoms with Crippen molar-refractivity contribution in [3.8, 4) is 0 Å². The lowest BCUT2D eigenvalue weighted by atomic mass is 9.70. The SMILES string of the molecule is CCOC1(c2nccc(=S)[nH]2)CCC(C)(C)CC1. The molecule has 100 valence electrons. The third-order valence-corrected chi connectivity index (χ3v) is 4.17. The van der Waals surface area contributed by atoms with Crippen LogP contribution in [0.4, 0.5) is 0 Å². The number of nitrogens with zero attached hydrogens (tertiary/aromatic N) is 1. The monoisotopic (exact) mass is 266 g/mol. The van der Waals surface area contributed by atoms with Gasteiger partial charge in [-0.2, -0.15) is 0 Å². The van der Waals surface area contributed by atoms with Gasteiger partial charge in [0.2, 0.25) is 0 Å². The molecule has 0 radical (unpaired) electrons. The molecule has 4 heteroatoms. The molecule has 0 aromatic carbocycles. The zero-order valence-electron chi connectivity index (χ0n) is 11.5. The number of H-pyrrole nitrogens is 1. The van der Waals surface area contributed by atoms with Crippen LogP contribution in [0.3, 0.4) is 0 Å². The van der Waals surface area contributed by atoms with Gasteiger partial charge >= 0.3 is 0 Å². The number of aromatic amines is 1. The smallest absolute Gasteiger partial charge is 0.139 e. The second-order valence-corrected chi connectivity index (χ2v) is 6.31. The summed E-state index contributed by atoms with van der Waals surface area (Å²) in [6.07, 6.45) is 6.11. The second kappa shape index (κ2) is 5.10. The molecule has 0 saturated heterocycles. The number of nitrogens with one attached hydrogen (secondary N) is 1. The van der Waals surface area contributed by atoms with E-state index >= 15 is 0 Å². The lowest BCUT2D eigenvalue weighted by molar-refractivity contribution is -0.0948. The van der Waals surface area contributed by atoms with E-state index in [9.17, 15) is 0 Å².